The molecule has 3 aliphatic carbocycles. The number of ether oxygens (including phenoxy) is 2. The Morgan fingerprint density at radius 2 is 1.92 bits per heavy atom. The molecule has 3 fully saturated rings. The molecular formula is C23H32O3. The fourth-order valence-electron chi connectivity index (χ4n) is 6.21. The summed E-state index contributed by atoms with van der Waals surface area (Å²) in [6.45, 7) is 0.804. The summed E-state index contributed by atoms with van der Waals surface area (Å²) in [5.74, 6) is 3.79. The summed E-state index contributed by atoms with van der Waals surface area (Å²) in [5.41, 5.74) is 1.61. The molecule has 0 aliphatic heterocycles. The standard InChI is InChI=1S/C23H32O3/c1-25-22(24)13-17-6-8-21(9-7-17)26-11-3-10-23-14-18-4-2-5-19(15-23)20(12-18)16-23/h6-9,18-20H,2-5,10-16H2,1H3. The molecular weight excluding hydrogens is 324 g/mol. The molecule has 3 nitrogen and oxygen atoms in total. The fraction of sp³-hybridized carbons (Fsp3) is 0.696. The van der Waals surface area contributed by atoms with Crippen molar-refractivity contribution >= 4 is 5.97 Å². The third-order valence-electron chi connectivity index (χ3n) is 7.22. The Kier molecular flexibility index (Phi) is 5.24. The summed E-state index contributed by atoms with van der Waals surface area (Å²) in [6.07, 6.45) is 13.3. The van der Waals surface area contributed by atoms with Gasteiger partial charge in [-0.25, -0.2) is 0 Å². The van der Waals surface area contributed by atoms with Gasteiger partial charge < -0.3 is 9.47 Å². The van der Waals surface area contributed by atoms with Gasteiger partial charge in [-0.3, -0.25) is 4.79 Å². The van der Waals surface area contributed by atoms with Crippen molar-refractivity contribution in [1.29, 1.82) is 0 Å². The molecule has 0 heterocycles. The zero-order chi connectivity index (χ0) is 18.0. The lowest BCUT2D eigenvalue weighted by atomic mass is 9.67. The minimum atomic E-state index is -0.204. The van der Waals surface area contributed by atoms with Crippen LogP contribution in [0.2, 0.25) is 0 Å². The highest BCUT2D eigenvalue weighted by molar-refractivity contribution is 5.72. The summed E-state index contributed by atoms with van der Waals surface area (Å²) < 4.78 is 10.7. The van der Waals surface area contributed by atoms with Crippen molar-refractivity contribution in [3.8, 4) is 5.75 Å². The first kappa shape index (κ1) is 17.9. The van der Waals surface area contributed by atoms with Crippen molar-refractivity contribution < 1.29 is 14.3 Å². The highest BCUT2D eigenvalue weighted by atomic mass is 16.5. The van der Waals surface area contributed by atoms with E-state index in [2.05, 4.69) is 0 Å². The Labute approximate surface area is 157 Å². The van der Waals surface area contributed by atoms with Crippen molar-refractivity contribution in [3.05, 3.63) is 29.8 Å². The monoisotopic (exact) mass is 356 g/mol. The third kappa shape index (κ3) is 3.92. The van der Waals surface area contributed by atoms with E-state index in [9.17, 15) is 4.79 Å². The first-order chi connectivity index (χ1) is 12.7. The topological polar surface area (TPSA) is 35.5 Å². The van der Waals surface area contributed by atoms with Crippen molar-refractivity contribution in [1.82, 2.24) is 0 Å². The van der Waals surface area contributed by atoms with Crippen molar-refractivity contribution in [2.24, 2.45) is 23.2 Å². The number of carbonyl (C=O) groups is 1. The highest BCUT2D eigenvalue weighted by Crippen LogP contribution is 2.61. The molecule has 0 N–H and O–H groups in total. The zero-order valence-electron chi connectivity index (χ0n) is 16.0. The summed E-state index contributed by atoms with van der Waals surface area (Å²) in [7, 11) is 1.42. The van der Waals surface area contributed by atoms with Crippen molar-refractivity contribution in [2.45, 2.75) is 64.2 Å². The lowest BCUT2D eigenvalue weighted by Gasteiger charge is -2.38. The van der Waals surface area contributed by atoms with E-state index in [0.29, 0.717) is 11.8 Å². The van der Waals surface area contributed by atoms with Gasteiger partial charge >= 0.3 is 5.97 Å². The normalized spacial score (nSPS) is 32.3. The second-order valence-electron chi connectivity index (χ2n) is 9.01. The van der Waals surface area contributed by atoms with Crippen LogP contribution in [0.15, 0.2) is 24.3 Å². The van der Waals surface area contributed by atoms with Crippen LogP contribution >= 0.6 is 0 Å². The highest BCUT2D eigenvalue weighted by Gasteiger charge is 2.50. The summed E-state index contributed by atoms with van der Waals surface area (Å²) in [4.78, 5) is 11.3. The molecule has 4 unspecified atom stereocenters. The van der Waals surface area contributed by atoms with Gasteiger partial charge in [0.25, 0.3) is 0 Å². The number of carbonyl (C=O) groups excluding carboxylic acids is 1. The van der Waals surface area contributed by atoms with E-state index in [0.717, 1.165) is 42.1 Å². The SMILES string of the molecule is COC(=O)Cc1ccc(OCCCC23CC4CCCC(C2)C(C4)C3)cc1. The largest absolute Gasteiger partial charge is 0.494 e. The molecule has 1 aromatic rings. The van der Waals surface area contributed by atoms with Crippen LogP contribution in [0.4, 0.5) is 0 Å². The zero-order valence-corrected chi connectivity index (χ0v) is 16.0. The second-order valence-corrected chi connectivity index (χ2v) is 9.01. The van der Waals surface area contributed by atoms with Crippen LogP contribution in [-0.4, -0.2) is 19.7 Å². The van der Waals surface area contributed by atoms with Crippen LogP contribution in [0.1, 0.15) is 63.4 Å². The van der Waals surface area contributed by atoms with Crippen LogP contribution in [0.3, 0.4) is 0 Å². The van der Waals surface area contributed by atoms with Gasteiger partial charge in [-0.15, -0.1) is 0 Å². The van der Waals surface area contributed by atoms with Crippen LogP contribution in [0.5, 0.6) is 5.75 Å². The number of benzene rings is 1. The van der Waals surface area contributed by atoms with E-state index in [1.807, 2.05) is 24.3 Å². The van der Waals surface area contributed by atoms with Crippen LogP contribution in [0, 0.1) is 23.2 Å². The summed E-state index contributed by atoms with van der Waals surface area (Å²) in [6, 6.07) is 7.84. The van der Waals surface area contributed by atoms with Crippen molar-refractivity contribution in [2.75, 3.05) is 13.7 Å². The maximum atomic E-state index is 11.3. The van der Waals surface area contributed by atoms with Crippen LogP contribution in [-0.2, 0) is 16.0 Å². The summed E-state index contributed by atoms with van der Waals surface area (Å²) in [5, 5.41) is 0. The van der Waals surface area contributed by atoms with Gasteiger partial charge in [-0.1, -0.05) is 31.4 Å². The van der Waals surface area contributed by atoms with E-state index < -0.39 is 0 Å². The van der Waals surface area contributed by atoms with Crippen LogP contribution < -0.4 is 4.74 Å². The average molecular weight is 357 g/mol. The molecule has 0 spiro atoms. The molecule has 0 saturated heterocycles. The number of hydrogen-bond donors (Lipinski definition) is 0. The first-order valence-electron chi connectivity index (χ1n) is 10.4. The van der Waals surface area contributed by atoms with Gasteiger partial charge in [0.2, 0.25) is 0 Å². The lowest BCUT2D eigenvalue weighted by molar-refractivity contribution is -0.139. The molecule has 1 aromatic carbocycles. The number of hydrogen-bond acceptors (Lipinski definition) is 3. The maximum absolute atomic E-state index is 11.3. The Morgan fingerprint density at radius 3 is 2.73 bits per heavy atom. The van der Waals surface area contributed by atoms with Crippen molar-refractivity contribution in [3.63, 3.8) is 0 Å². The Balaban J connectivity index is 1.24. The predicted molar refractivity (Wildman–Crippen MR) is 102 cm³/mol. The van der Waals surface area contributed by atoms with E-state index in [1.165, 1.54) is 58.5 Å². The number of fused-ring (bicyclic) bond motifs is 2. The Morgan fingerprint density at radius 1 is 1.12 bits per heavy atom. The van der Waals surface area contributed by atoms with Gasteiger partial charge in [0, 0.05) is 0 Å². The third-order valence-corrected chi connectivity index (χ3v) is 7.22. The molecule has 26 heavy (non-hydrogen) atoms. The molecule has 4 atom stereocenters. The maximum Gasteiger partial charge on any atom is 0.309 e. The van der Waals surface area contributed by atoms with Gasteiger partial charge in [0.15, 0.2) is 0 Å². The molecule has 3 aliphatic rings. The van der Waals surface area contributed by atoms with Gasteiger partial charge in [0.1, 0.15) is 5.75 Å². The van der Waals surface area contributed by atoms with E-state index in [1.54, 1.807) is 0 Å². The number of esters is 1. The Hall–Kier alpha value is -1.51. The molecule has 4 rings (SSSR count). The molecule has 3 saturated carbocycles. The molecule has 3 bridgehead atoms. The molecule has 3 heteroatoms. The minimum Gasteiger partial charge on any atom is -0.494 e. The van der Waals surface area contributed by atoms with E-state index in [4.69, 9.17) is 9.47 Å². The van der Waals surface area contributed by atoms with Gasteiger partial charge in [-0.2, -0.15) is 0 Å². The van der Waals surface area contributed by atoms with E-state index in [-0.39, 0.29) is 5.97 Å². The minimum absolute atomic E-state index is 0.204. The molecule has 142 valence electrons. The smallest absolute Gasteiger partial charge is 0.309 e. The van der Waals surface area contributed by atoms with E-state index >= 15 is 0 Å². The lowest BCUT2D eigenvalue weighted by Crippen LogP contribution is -2.27. The first-order valence-corrected chi connectivity index (χ1v) is 10.4. The quantitative estimate of drug-likeness (QED) is 0.499. The average Bonchev–Trinajstić information content (AvgIpc) is 2.80. The molecule has 0 aromatic heterocycles. The van der Waals surface area contributed by atoms with Gasteiger partial charge in [-0.05, 0) is 79.4 Å². The van der Waals surface area contributed by atoms with Gasteiger partial charge in [0.05, 0.1) is 20.1 Å². The number of rotatable bonds is 7. The van der Waals surface area contributed by atoms with Crippen LogP contribution in [0.25, 0.3) is 0 Å². The second kappa shape index (κ2) is 7.62. The Bertz CT molecular complexity index is 619. The fourth-order valence-corrected chi connectivity index (χ4v) is 6.21. The number of methoxy groups -OCH3 is 1. The summed E-state index contributed by atoms with van der Waals surface area (Å²) >= 11 is 0. The molecule has 0 radical (unpaired) electrons. The molecule has 0 amide bonds. The predicted octanol–water partition coefficient (Wildman–Crippen LogP) is 5.17.